The summed E-state index contributed by atoms with van der Waals surface area (Å²) in [5.74, 6) is -0.745. The molecule has 0 bridgehead atoms. The van der Waals surface area contributed by atoms with Crippen molar-refractivity contribution in [1.29, 1.82) is 0 Å². The number of carbonyl (C=O) groups excluding carboxylic acids is 1. The summed E-state index contributed by atoms with van der Waals surface area (Å²) in [4.78, 5) is 20.1. The zero-order valence-electron chi connectivity index (χ0n) is 21.9. The number of aliphatic hydroxyl groups is 3. The van der Waals surface area contributed by atoms with Gasteiger partial charge in [0.15, 0.2) is 5.82 Å². The van der Waals surface area contributed by atoms with Gasteiger partial charge in [0.2, 0.25) is 5.91 Å². The van der Waals surface area contributed by atoms with E-state index in [0.29, 0.717) is 16.9 Å². The molecule has 6 rings (SSSR count). The Kier molecular flexibility index (Phi) is 7.14. The monoisotopic (exact) mass is 582 g/mol. The summed E-state index contributed by atoms with van der Waals surface area (Å²) < 4.78 is 23.0. The van der Waals surface area contributed by atoms with Crippen molar-refractivity contribution in [2.24, 2.45) is 0 Å². The van der Waals surface area contributed by atoms with E-state index in [2.05, 4.69) is 31.3 Å². The van der Waals surface area contributed by atoms with Crippen LogP contribution in [0.3, 0.4) is 0 Å². The second-order valence-electron chi connectivity index (χ2n) is 9.73. The minimum absolute atomic E-state index is 0.0438. The van der Waals surface area contributed by atoms with Gasteiger partial charge in [-0.15, -0.1) is 16.9 Å². The van der Waals surface area contributed by atoms with Crippen LogP contribution in [0.5, 0.6) is 0 Å². The van der Waals surface area contributed by atoms with Crippen molar-refractivity contribution >= 4 is 38.8 Å². The SMILES string of the molecule is CC(=O)Nc1ccc(C2=CN(C3C(O)C(CO)O[C@@H](c4ncnn4-c4ccc5nc(C)sc5c4)[C@@H]3O)NN2)cc1F. The number of benzene rings is 2. The van der Waals surface area contributed by atoms with Gasteiger partial charge < -0.3 is 30.8 Å². The van der Waals surface area contributed by atoms with Gasteiger partial charge in [-0.2, -0.15) is 5.10 Å². The largest absolute Gasteiger partial charge is 0.394 e. The van der Waals surface area contributed by atoms with Crippen molar-refractivity contribution < 1.29 is 29.2 Å². The van der Waals surface area contributed by atoms with E-state index in [1.165, 1.54) is 41.7 Å². The van der Waals surface area contributed by atoms with Crippen LogP contribution >= 0.6 is 11.3 Å². The summed E-state index contributed by atoms with van der Waals surface area (Å²) in [5, 5.41) is 41.7. The van der Waals surface area contributed by atoms with E-state index in [-0.39, 0.29) is 11.5 Å². The van der Waals surface area contributed by atoms with Gasteiger partial charge in [-0.25, -0.2) is 19.0 Å². The first-order valence-electron chi connectivity index (χ1n) is 12.7. The average Bonchev–Trinajstić information content (AvgIpc) is 3.69. The van der Waals surface area contributed by atoms with Crippen LogP contribution in [-0.4, -0.2) is 76.9 Å². The topological polar surface area (TPSA) is 170 Å². The highest BCUT2D eigenvalue weighted by Gasteiger charge is 2.49. The first kappa shape index (κ1) is 27.2. The van der Waals surface area contributed by atoms with Crippen molar-refractivity contribution in [1.82, 2.24) is 35.7 Å². The minimum Gasteiger partial charge on any atom is -0.394 e. The Bertz CT molecular complexity index is 1640. The van der Waals surface area contributed by atoms with Crippen LogP contribution in [-0.2, 0) is 9.53 Å². The van der Waals surface area contributed by atoms with Crippen LogP contribution in [0.4, 0.5) is 10.1 Å². The third-order valence-corrected chi connectivity index (χ3v) is 7.88. The number of aliphatic hydroxyl groups excluding tert-OH is 3. The molecule has 4 aromatic rings. The first-order chi connectivity index (χ1) is 19.7. The third kappa shape index (κ3) is 5.03. The number of halogens is 1. The van der Waals surface area contributed by atoms with Gasteiger partial charge in [-0.05, 0) is 37.3 Å². The minimum atomic E-state index is -1.34. The molecule has 0 saturated carbocycles. The Balaban J connectivity index is 1.30. The van der Waals surface area contributed by atoms with Crippen molar-refractivity contribution in [3.8, 4) is 5.69 Å². The molecule has 4 heterocycles. The molecule has 6 N–H and O–H groups in total. The van der Waals surface area contributed by atoms with Crippen molar-refractivity contribution in [2.75, 3.05) is 11.9 Å². The standard InChI is InChI=1S/C26H27FN8O5S/c1-12(37)30-17-5-3-14(7-16(17)27)19-9-34(33-32-19)22-23(38)20(10-36)40-25(24(22)39)26-28-11-29-35(26)15-4-6-18-21(8-15)41-13(2)31-18/h3-9,11,20,22-25,32-33,36,38-39H,10H2,1-2H3,(H,30,37)/t20?,22?,23?,24-,25-/m1/s1. The molecule has 2 aromatic heterocycles. The molecule has 3 unspecified atom stereocenters. The van der Waals surface area contributed by atoms with Crippen LogP contribution in [0.1, 0.15) is 29.4 Å². The summed E-state index contributed by atoms with van der Waals surface area (Å²) in [6.07, 6.45) is -1.88. The Morgan fingerprint density at radius 2 is 2.05 bits per heavy atom. The number of aryl methyl sites for hydroxylation is 1. The van der Waals surface area contributed by atoms with Crippen LogP contribution < -0.4 is 16.3 Å². The molecule has 0 spiro atoms. The number of carbonyl (C=O) groups is 1. The van der Waals surface area contributed by atoms with Gasteiger partial charge in [-0.3, -0.25) is 9.80 Å². The number of aromatic nitrogens is 4. The Hall–Kier alpha value is -3.99. The number of ether oxygens (including phenoxy) is 1. The lowest BCUT2D eigenvalue weighted by atomic mass is 9.91. The van der Waals surface area contributed by atoms with E-state index in [0.717, 1.165) is 15.2 Å². The summed E-state index contributed by atoms with van der Waals surface area (Å²) in [7, 11) is 0. The van der Waals surface area contributed by atoms with Crippen LogP contribution in [0.25, 0.3) is 21.6 Å². The lowest BCUT2D eigenvalue weighted by molar-refractivity contribution is -0.218. The lowest BCUT2D eigenvalue weighted by Crippen LogP contribution is -2.63. The van der Waals surface area contributed by atoms with Gasteiger partial charge in [0.05, 0.1) is 38.9 Å². The summed E-state index contributed by atoms with van der Waals surface area (Å²) in [6.45, 7) is 2.70. The summed E-state index contributed by atoms with van der Waals surface area (Å²) in [5.41, 5.74) is 8.26. The molecule has 2 aliphatic rings. The van der Waals surface area contributed by atoms with Crippen molar-refractivity contribution in [3.63, 3.8) is 0 Å². The van der Waals surface area contributed by atoms with E-state index < -0.39 is 48.8 Å². The fraction of sp³-hybridized carbons (Fsp3) is 0.308. The highest BCUT2D eigenvalue weighted by Crippen LogP contribution is 2.36. The lowest BCUT2D eigenvalue weighted by Gasteiger charge is -2.45. The molecule has 15 heteroatoms. The number of hydrazine groups is 2. The predicted molar refractivity (Wildman–Crippen MR) is 147 cm³/mol. The smallest absolute Gasteiger partial charge is 0.221 e. The maximum absolute atomic E-state index is 14.6. The molecule has 13 nitrogen and oxygen atoms in total. The second-order valence-corrected chi connectivity index (χ2v) is 11.0. The van der Waals surface area contributed by atoms with Gasteiger partial charge in [0, 0.05) is 18.7 Å². The van der Waals surface area contributed by atoms with Crippen molar-refractivity contribution in [3.05, 3.63) is 71.1 Å². The number of rotatable bonds is 6. The van der Waals surface area contributed by atoms with E-state index in [9.17, 15) is 24.5 Å². The number of thiazole rings is 1. The highest BCUT2D eigenvalue weighted by atomic mass is 32.1. The van der Waals surface area contributed by atoms with Crippen molar-refractivity contribution in [2.45, 2.75) is 44.3 Å². The molecule has 214 valence electrons. The molecule has 2 aromatic carbocycles. The van der Waals surface area contributed by atoms with Gasteiger partial charge in [-0.1, -0.05) is 6.07 Å². The van der Waals surface area contributed by atoms with Crippen LogP contribution in [0, 0.1) is 12.7 Å². The van der Waals surface area contributed by atoms with Gasteiger partial charge in [0.1, 0.15) is 42.6 Å². The van der Waals surface area contributed by atoms with Crippen LogP contribution in [0.2, 0.25) is 0 Å². The number of hydrogen-bond acceptors (Lipinski definition) is 12. The Morgan fingerprint density at radius 3 is 2.80 bits per heavy atom. The van der Waals surface area contributed by atoms with E-state index in [1.807, 2.05) is 25.1 Å². The summed E-state index contributed by atoms with van der Waals surface area (Å²) in [6, 6.07) is 8.90. The summed E-state index contributed by atoms with van der Waals surface area (Å²) >= 11 is 1.54. The van der Waals surface area contributed by atoms with E-state index >= 15 is 0 Å². The molecule has 1 fully saturated rings. The van der Waals surface area contributed by atoms with Gasteiger partial charge >= 0.3 is 0 Å². The molecule has 0 aliphatic carbocycles. The normalized spacial score (nSPS) is 24.4. The fourth-order valence-corrected chi connectivity index (χ4v) is 5.92. The number of fused-ring (bicyclic) bond motifs is 1. The zero-order valence-corrected chi connectivity index (χ0v) is 22.7. The predicted octanol–water partition coefficient (Wildman–Crippen LogP) is 1.13. The number of hydrogen-bond donors (Lipinski definition) is 6. The first-order valence-corrected chi connectivity index (χ1v) is 13.5. The molecule has 5 atom stereocenters. The Labute approximate surface area is 236 Å². The number of nitrogens with zero attached hydrogens (tertiary/aromatic N) is 5. The van der Waals surface area contributed by atoms with E-state index in [4.69, 9.17) is 4.74 Å². The quantitative estimate of drug-likeness (QED) is 0.193. The molecular weight excluding hydrogens is 555 g/mol. The number of nitrogens with one attached hydrogen (secondary N) is 3. The average molecular weight is 583 g/mol. The number of anilines is 1. The molecular formula is C26H27FN8O5S. The zero-order chi connectivity index (χ0) is 28.8. The number of amides is 1. The van der Waals surface area contributed by atoms with Gasteiger partial charge in [0.25, 0.3) is 0 Å². The highest BCUT2D eigenvalue weighted by molar-refractivity contribution is 7.18. The van der Waals surface area contributed by atoms with Crippen LogP contribution in [0.15, 0.2) is 48.9 Å². The van der Waals surface area contributed by atoms with E-state index in [1.54, 1.807) is 16.9 Å². The molecule has 0 radical (unpaired) electrons. The molecule has 1 saturated heterocycles. The Morgan fingerprint density at radius 1 is 1.22 bits per heavy atom. The molecule has 1 amide bonds. The maximum atomic E-state index is 14.6. The maximum Gasteiger partial charge on any atom is 0.221 e. The molecule has 2 aliphatic heterocycles. The third-order valence-electron chi connectivity index (χ3n) is 6.94. The fourth-order valence-electron chi connectivity index (χ4n) is 5.06. The molecule has 41 heavy (non-hydrogen) atoms. The second kappa shape index (κ2) is 10.8.